The van der Waals surface area contributed by atoms with Crippen molar-refractivity contribution in [3.8, 4) is 0 Å². The first-order chi connectivity index (χ1) is 13.1. The van der Waals surface area contributed by atoms with E-state index in [1.54, 1.807) is 35.4 Å². The Balaban J connectivity index is 1.37. The summed E-state index contributed by atoms with van der Waals surface area (Å²) in [4.78, 5) is 31.7. The first-order valence-electron chi connectivity index (χ1n) is 8.68. The van der Waals surface area contributed by atoms with Crippen LogP contribution < -0.4 is 10.2 Å². The monoisotopic (exact) mass is 372 g/mol. The molecule has 0 saturated carbocycles. The van der Waals surface area contributed by atoms with Gasteiger partial charge in [-0.25, -0.2) is 4.39 Å². The van der Waals surface area contributed by atoms with E-state index in [1.807, 2.05) is 0 Å². The Morgan fingerprint density at radius 3 is 2.48 bits per heavy atom. The molecule has 0 spiro atoms. The van der Waals surface area contributed by atoms with Gasteiger partial charge in [0.05, 0.1) is 11.9 Å². The molecule has 1 N–H and O–H groups in total. The van der Waals surface area contributed by atoms with Gasteiger partial charge in [0.15, 0.2) is 0 Å². The Hall–Kier alpha value is -3.00. The van der Waals surface area contributed by atoms with Crippen molar-refractivity contribution in [1.29, 1.82) is 0 Å². The summed E-state index contributed by atoms with van der Waals surface area (Å²) >= 11 is 0. The van der Waals surface area contributed by atoms with Crippen LogP contribution in [0.25, 0.3) is 0 Å². The molecule has 1 aromatic heterocycles. The SMILES string of the molecule is O=C(COCC(=O)N1CCN(c2ccc(F)cc2)CC1)Nc1cccnc1. The summed E-state index contributed by atoms with van der Waals surface area (Å²) in [6.07, 6.45) is 3.14. The average molecular weight is 372 g/mol. The van der Waals surface area contributed by atoms with Gasteiger partial charge >= 0.3 is 0 Å². The fraction of sp³-hybridized carbons (Fsp3) is 0.316. The molecular weight excluding hydrogens is 351 g/mol. The number of anilines is 2. The summed E-state index contributed by atoms with van der Waals surface area (Å²) in [6.45, 7) is 2.10. The van der Waals surface area contributed by atoms with Gasteiger partial charge in [0.2, 0.25) is 11.8 Å². The summed E-state index contributed by atoms with van der Waals surface area (Å²) < 4.78 is 18.2. The lowest BCUT2D eigenvalue weighted by atomic mass is 10.2. The van der Waals surface area contributed by atoms with E-state index in [1.165, 1.54) is 18.3 Å². The first-order valence-corrected chi connectivity index (χ1v) is 8.68. The number of benzene rings is 1. The molecule has 1 fully saturated rings. The van der Waals surface area contributed by atoms with Crippen LogP contribution in [0.2, 0.25) is 0 Å². The number of carbonyl (C=O) groups excluding carboxylic acids is 2. The summed E-state index contributed by atoms with van der Waals surface area (Å²) in [5.74, 6) is -0.753. The Morgan fingerprint density at radius 2 is 1.81 bits per heavy atom. The Bertz CT molecular complexity index is 762. The molecule has 1 aliphatic rings. The lowest BCUT2D eigenvalue weighted by molar-refractivity contribution is -0.137. The highest BCUT2D eigenvalue weighted by Gasteiger charge is 2.21. The quantitative estimate of drug-likeness (QED) is 0.832. The largest absolute Gasteiger partial charge is 0.368 e. The van der Waals surface area contributed by atoms with E-state index in [4.69, 9.17) is 4.74 Å². The minimum atomic E-state index is -0.336. The molecule has 7 nitrogen and oxygen atoms in total. The normalized spacial score (nSPS) is 14.1. The standard InChI is InChI=1S/C19H21FN4O3/c20-15-3-5-17(6-4-15)23-8-10-24(11-9-23)19(26)14-27-13-18(25)22-16-2-1-7-21-12-16/h1-7,12H,8-11,13-14H2,(H,22,25). The number of carbonyl (C=O) groups is 2. The lowest BCUT2D eigenvalue weighted by Gasteiger charge is -2.36. The molecule has 1 aliphatic heterocycles. The second-order valence-electron chi connectivity index (χ2n) is 6.13. The van der Waals surface area contributed by atoms with Crippen molar-refractivity contribution in [2.45, 2.75) is 0 Å². The van der Waals surface area contributed by atoms with Crippen LogP contribution >= 0.6 is 0 Å². The predicted octanol–water partition coefficient (Wildman–Crippen LogP) is 1.52. The highest BCUT2D eigenvalue weighted by atomic mass is 19.1. The molecule has 142 valence electrons. The number of nitrogens with one attached hydrogen (secondary N) is 1. The van der Waals surface area contributed by atoms with Crippen molar-refractivity contribution in [1.82, 2.24) is 9.88 Å². The van der Waals surface area contributed by atoms with E-state index in [9.17, 15) is 14.0 Å². The highest BCUT2D eigenvalue weighted by Crippen LogP contribution is 2.17. The number of aromatic nitrogens is 1. The van der Waals surface area contributed by atoms with Crippen molar-refractivity contribution in [2.24, 2.45) is 0 Å². The molecule has 0 bridgehead atoms. The number of hydrogen-bond acceptors (Lipinski definition) is 5. The molecule has 0 atom stereocenters. The van der Waals surface area contributed by atoms with Gasteiger partial charge in [-0.05, 0) is 36.4 Å². The maximum atomic E-state index is 13.0. The second kappa shape index (κ2) is 9.09. The van der Waals surface area contributed by atoms with Gasteiger partial charge in [-0.2, -0.15) is 0 Å². The molecule has 0 unspecified atom stereocenters. The summed E-state index contributed by atoms with van der Waals surface area (Å²) in [7, 11) is 0. The fourth-order valence-electron chi connectivity index (χ4n) is 2.82. The Morgan fingerprint density at radius 1 is 1.07 bits per heavy atom. The topological polar surface area (TPSA) is 74.8 Å². The smallest absolute Gasteiger partial charge is 0.250 e. The molecule has 27 heavy (non-hydrogen) atoms. The fourth-order valence-corrected chi connectivity index (χ4v) is 2.82. The molecule has 2 amide bonds. The van der Waals surface area contributed by atoms with Crippen molar-refractivity contribution in [2.75, 3.05) is 49.6 Å². The van der Waals surface area contributed by atoms with Gasteiger partial charge in [0.25, 0.3) is 0 Å². The number of rotatable bonds is 6. The van der Waals surface area contributed by atoms with Crippen LogP contribution in [-0.2, 0) is 14.3 Å². The van der Waals surface area contributed by atoms with Crippen molar-refractivity contribution >= 4 is 23.2 Å². The third-order valence-corrected chi connectivity index (χ3v) is 4.23. The molecular formula is C19H21FN4O3. The van der Waals surface area contributed by atoms with Gasteiger partial charge < -0.3 is 19.9 Å². The van der Waals surface area contributed by atoms with Gasteiger partial charge in [-0.15, -0.1) is 0 Å². The molecule has 3 rings (SSSR count). The van der Waals surface area contributed by atoms with Gasteiger partial charge in [-0.1, -0.05) is 0 Å². The Kier molecular flexibility index (Phi) is 6.32. The Labute approximate surface area is 156 Å². The van der Waals surface area contributed by atoms with Crippen LogP contribution in [0.4, 0.5) is 15.8 Å². The van der Waals surface area contributed by atoms with Crippen LogP contribution in [0.1, 0.15) is 0 Å². The summed E-state index contributed by atoms with van der Waals surface area (Å²) in [6, 6.07) is 9.75. The average Bonchev–Trinajstić information content (AvgIpc) is 2.69. The number of ether oxygens (including phenoxy) is 1. The maximum absolute atomic E-state index is 13.0. The first kappa shape index (κ1) is 18.8. The molecule has 2 aromatic rings. The second-order valence-corrected chi connectivity index (χ2v) is 6.13. The van der Waals surface area contributed by atoms with Crippen molar-refractivity contribution in [3.05, 3.63) is 54.6 Å². The van der Waals surface area contributed by atoms with E-state index < -0.39 is 0 Å². The van der Waals surface area contributed by atoms with E-state index in [2.05, 4.69) is 15.2 Å². The van der Waals surface area contributed by atoms with Crippen LogP contribution in [0, 0.1) is 5.82 Å². The van der Waals surface area contributed by atoms with Crippen LogP contribution in [0.5, 0.6) is 0 Å². The molecule has 1 aromatic carbocycles. The third-order valence-electron chi connectivity index (χ3n) is 4.23. The van der Waals surface area contributed by atoms with Crippen LogP contribution in [0.3, 0.4) is 0 Å². The molecule has 8 heteroatoms. The number of nitrogens with zero attached hydrogens (tertiary/aromatic N) is 3. The van der Waals surface area contributed by atoms with Crippen LogP contribution in [-0.4, -0.2) is 61.1 Å². The predicted molar refractivity (Wildman–Crippen MR) is 98.9 cm³/mol. The number of piperazine rings is 1. The van der Waals surface area contributed by atoms with Crippen molar-refractivity contribution < 1.29 is 18.7 Å². The van der Waals surface area contributed by atoms with Crippen molar-refractivity contribution in [3.63, 3.8) is 0 Å². The number of amides is 2. The zero-order chi connectivity index (χ0) is 19.1. The molecule has 2 heterocycles. The van der Waals surface area contributed by atoms with E-state index in [-0.39, 0.29) is 30.8 Å². The summed E-state index contributed by atoms with van der Waals surface area (Å²) in [5.41, 5.74) is 1.51. The van der Waals surface area contributed by atoms with Gasteiger partial charge in [-0.3, -0.25) is 14.6 Å². The highest BCUT2D eigenvalue weighted by molar-refractivity contribution is 5.91. The number of halogens is 1. The third kappa shape index (κ3) is 5.49. The summed E-state index contributed by atoms with van der Waals surface area (Å²) in [5, 5.41) is 2.64. The zero-order valence-corrected chi connectivity index (χ0v) is 14.8. The zero-order valence-electron chi connectivity index (χ0n) is 14.8. The molecule has 0 aliphatic carbocycles. The minimum absolute atomic E-state index is 0.142. The number of hydrogen-bond donors (Lipinski definition) is 1. The molecule has 1 saturated heterocycles. The minimum Gasteiger partial charge on any atom is -0.368 e. The lowest BCUT2D eigenvalue weighted by Crippen LogP contribution is -2.49. The van der Waals surface area contributed by atoms with E-state index >= 15 is 0 Å². The van der Waals surface area contributed by atoms with E-state index in [0.717, 1.165) is 5.69 Å². The van der Waals surface area contributed by atoms with Gasteiger partial charge in [0.1, 0.15) is 19.0 Å². The maximum Gasteiger partial charge on any atom is 0.250 e. The van der Waals surface area contributed by atoms with Gasteiger partial charge in [0, 0.05) is 38.1 Å². The molecule has 0 radical (unpaired) electrons. The number of pyridine rings is 1. The van der Waals surface area contributed by atoms with E-state index in [0.29, 0.717) is 31.9 Å². The van der Waals surface area contributed by atoms with Crippen LogP contribution in [0.15, 0.2) is 48.8 Å².